The van der Waals surface area contributed by atoms with Gasteiger partial charge in [-0.1, -0.05) is 19.9 Å². The Hall–Kier alpha value is -3.11. The van der Waals surface area contributed by atoms with Crippen LogP contribution in [0, 0.1) is 35.5 Å². The number of rotatable bonds is 4. The summed E-state index contributed by atoms with van der Waals surface area (Å²) in [5.41, 5.74) is 3.35. The molecule has 3 aliphatic carbocycles. The van der Waals surface area contributed by atoms with Crippen molar-refractivity contribution in [3.05, 3.63) is 23.3 Å². The van der Waals surface area contributed by atoms with Crippen molar-refractivity contribution in [2.45, 2.75) is 89.9 Å². The predicted molar refractivity (Wildman–Crippen MR) is 150 cm³/mol. The number of nitrogens with one attached hydrogen (secondary N) is 2. The van der Waals surface area contributed by atoms with Crippen molar-refractivity contribution >= 4 is 34.7 Å². The van der Waals surface area contributed by atoms with Crippen molar-refractivity contribution in [1.29, 1.82) is 0 Å². The molecule has 5 rings (SSSR count). The summed E-state index contributed by atoms with van der Waals surface area (Å²) in [5.74, 6) is -11.4. The first-order chi connectivity index (χ1) is 18.9. The fourth-order valence-electron chi connectivity index (χ4n) is 8.59. The van der Waals surface area contributed by atoms with E-state index >= 15 is 0 Å². The molecule has 1 heterocycles. The predicted octanol–water partition coefficient (Wildman–Crippen LogP) is 1.93. The molecular weight excluding hydrogens is 526 g/mol. The average molecular weight is 568 g/mol. The van der Waals surface area contributed by atoms with E-state index in [2.05, 4.69) is 38.3 Å². The van der Waals surface area contributed by atoms with E-state index < -0.39 is 64.2 Å². The average Bonchev–Trinajstić information content (AvgIpc) is 2.80. The van der Waals surface area contributed by atoms with E-state index in [1.165, 1.54) is 0 Å². The number of nitrogens with two attached hydrogens (primary N) is 1. The van der Waals surface area contributed by atoms with Gasteiger partial charge in [-0.15, -0.1) is 0 Å². The number of phenols is 1. The summed E-state index contributed by atoms with van der Waals surface area (Å²) in [6.07, 6.45) is 1.89. The number of aromatic hydroxyl groups is 1. The largest absolute Gasteiger partial charge is 0.505 e. The number of phenolic OH excluding ortho intramolecular Hbond substituents is 1. The summed E-state index contributed by atoms with van der Waals surface area (Å²) >= 11 is 0. The maximum atomic E-state index is 14.0. The number of piperidine rings is 1. The van der Waals surface area contributed by atoms with E-state index in [0.717, 1.165) is 12.8 Å². The Kier molecular flexibility index (Phi) is 6.78. The number of fused-ring (bicyclic) bond motifs is 3. The third-order valence-electron chi connectivity index (χ3n) is 9.73. The maximum absolute atomic E-state index is 14.0. The molecule has 0 radical (unpaired) electrons. The van der Waals surface area contributed by atoms with Crippen LogP contribution in [0.3, 0.4) is 0 Å². The summed E-state index contributed by atoms with van der Waals surface area (Å²) < 4.78 is 0. The molecule has 6 N–H and O–H groups in total. The van der Waals surface area contributed by atoms with Crippen LogP contribution in [0.4, 0.5) is 5.69 Å². The smallest absolute Gasteiger partial charge is 0.235 e. The van der Waals surface area contributed by atoms with E-state index in [-0.39, 0.29) is 47.2 Å². The van der Waals surface area contributed by atoms with Gasteiger partial charge in [0.05, 0.1) is 17.2 Å². The monoisotopic (exact) mass is 567 g/mol. The zero-order valence-electron chi connectivity index (χ0n) is 24.5. The lowest BCUT2D eigenvalue weighted by molar-refractivity contribution is -0.182. The van der Waals surface area contributed by atoms with E-state index in [9.17, 15) is 34.2 Å². The number of primary amides is 1. The third-order valence-corrected chi connectivity index (χ3v) is 9.73. The number of carbonyl (C=O) groups is 5. The Morgan fingerprint density at radius 2 is 1.66 bits per heavy atom. The van der Waals surface area contributed by atoms with Crippen molar-refractivity contribution in [3.63, 3.8) is 0 Å². The molecule has 2 saturated carbocycles. The van der Waals surface area contributed by atoms with Gasteiger partial charge in [0.2, 0.25) is 5.91 Å². The zero-order chi connectivity index (χ0) is 30.4. The normalized spacial score (nSPS) is 34.6. The number of carbonyl (C=O) groups excluding carboxylic acids is 5. The summed E-state index contributed by atoms with van der Waals surface area (Å²) in [4.78, 5) is 66.7. The number of amides is 1. The number of Topliss-reactive ketones (excluding diaryl/α,β-unsaturated/α-hetero) is 4. The van der Waals surface area contributed by atoms with E-state index in [4.69, 9.17) is 5.73 Å². The molecule has 10 heteroatoms. The minimum absolute atomic E-state index is 0.00491. The van der Waals surface area contributed by atoms with Crippen molar-refractivity contribution in [2.24, 2.45) is 41.2 Å². The Bertz CT molecular complexity index is 1350. The maximum Gasteiger partial charge on any atom is 0.235 e. The minimum atomic E-state index is -2.69. The second-order valence-corrected chi connectivity index (χ2v) is 14.3. The van der Waals surface area contributed by atoms with Gasteiger partial charge in [-0.05, 0) is 76.8 Å². The topological polar surface area (TPSA) is 176 Å². The van der Waals surface area contributed by atoms with Crippen molar-refractivity contribution in [1.82, 2.24) is 5.32 Å². The summed E-state index contributed by atoms with van der Waals surface area (Å²) in [6.45, 7) is 11.9. The Morgan fingerprint density at radius 1 is 1.05 bits per heavy atom. The zero-order valence-corrected chi connectivity index (χ0v) is 24.5. The highest BCUT2D eigenvalue weighted by Crippen LogP contribution is 2.53. The van der Waals surface area contributed by atoms with Crippen LogP contribution in [0.25, 0.3) is 0 Å². The number of benzene rings is 1. The molecule has 6 atom stereocenters. The Morgan fingerprint density at radius 3 is 2.22 bits per heavy atom. The van der Waals surface area contributed by atoms with Crippen LogP contribution in [0.2, 0.25) is 0 Å². The molecule has 1 saturated heterocycles. The molecule has 0 spiro atoms. The van der Waals surface area contributed by atoms with Crippen LogP contribution < -0.4 is 16.4 Å². The van der Waals surface area contributed by atoms with Crippen LogP contribution in [0.15, 0.2) is 12.1 Å². The van der Waals surface area contributed by atoms with Gasteiger partial charge in [0.25, 0.3) is 0 Å². The molecule has 1 aromatic carbocycles. The van der Waals surface area contributed by atoms with Gasteiger partial charge in [0, 0.05) is 29.0 Å². The van der Waals surface area contributed by atoms with Gasteiger partial charge in [-0.25, -0.2) is 0 Å². The molecule has 4 aliphatic rings. The summed E-state index contributed by atoms with van der Waals surface area (Å²) in [6, 6.07) is 3.52. The second-order valence-electron chi connectivity index (χ2n) is 14.3. The van der Waals surface area contributed by atoms with Gasteiger partial charge in [-0.3, -0.25) is 24.0 Å². The lowest BCUT2D eigenvalue weighted by atomic mass is 9.50. The van der Waals surface area contributed by atoms with Gasteiger partial charge in [-0.2, -0.15) is 0 Å². The van der Waals surface area contributed by atoms with Crippen LogP contribution in [0.5, 0.6) is 5.75 Å². The first-order valence-corrected chi connectivity index (χ1v) is 14.5. The SMILES string of the molecule is CC(C)[C@@H]1C(=O)C(C(N)=O)C(=O)[C@@]2(O)C(=O)C3C(=O)c4c(ccc(NC5CC(C)(C)NC(C)(C)C5)c4O)C[C@H]3C[C@@H]12. The Balaban J connectivity index is 1.51. The first kappa shape index (κ1) is 29.4. The molecule has 1 aromatic rings. The molecule has 1 aliphatic heterocycles. The molecular formula is C31H41N3O7. The molecule has 0 bridgehead atoms. The fraction of sp³-hybridized carbons (Fsp3) is 0.645. The molecule has 3 fully saturated rings. The molecule has 0 aromatic heterocycles. The highest BCUT2D eigenvalue weighted by atomic mass is 16.3. The second kappa shape index (κ2) is 9.46. The van der Waals surface area contributed by atoms with Gasteiger partial charge in [0.15, 0.2) is 34.7 Å². The van der Waals surface area contributed by atoms with Crippen LogP contribution in [-0.2, 0) is 25.6 Å². The van der Waals surface area contributed by atoms with Crippen molar-refractivity contribution in [2.75, 3.05) is 5.32 Å². The standard InChI is InChI=1S/C31H41N3O7/c1-13(2)19-17-10-15-9-14-7-8-18(33-16-11-29(3,4)34-30(5,6)12-16)23(35)20(14)25(37)21(15)26(38)31(17,41)27(39)22(24(19)36)28(32)40/h7-8,13,15-17,19,21-22,33-35,41H,9-12H2,1-6H3,(H2,32,40)/t15-,17-,19-,21?,22?,31-/m0/s1. The molecule has 2 unspecified atom stereocenters. The van der Waals surface area contributed by atoms with Crippen molar-refractivity contribution in [3.8, 4) is 5.75 Å². The van der Waals surface area contributed by atoms with Gasteiger partial charge in [0.1, 0.15) is 5.75 Å². The van der Waals surface area contributed by atoms with Crippen LogP contribution in [-0.4, -0.2) is 62.0 Å². The molecule has 1 amide bonds. The number of hydrogen-bond acceptors (Lipinski definition) is 9. The number of hydrogen-bond donors (Lipinski definition) is 5. The molecule has 10 nitrogen and oxygen atoms in total. The highest BCUT2D eigenvalue weighted by molar-refractivity contribution is 6.32. The quantitative estimate of drug-likeness (QED) is 0.269. The van der Waals surface area contributed by atoms with Gasteiger partial charge >= 0.3 is 0 Å². The van der Waals surface area contributed by atoms with Gasteiger partial charge < -0.3 is 26.6 Å². The first-order valence-electron chi connectivity index (χ1n) is 14.5. The fourth-order valence-corrected chi connectivity index (χ4v) is 8.59. The van der Waals surface area contributed by atoms with E-state index in [0.29, 0.717) is 11.3 Å². The lowest BCUT2D eigenvalue weighted by Crippen LogP contribution is -2.71. The summed E-state index contributed by atoms with van der Waals surface area (Å²) in [5, 5.41) is 30.1. The number of anilines is 1. The third kappa shape index (κ3) is 4.50. The lowest BCUT2D eigenvalue weighted by Gasteiger charge is -2.52. The molecule has 222 valence electrons. The summed E-state index contributed by atoms with van der Waals surface area (Å²) in [7, 11) is 0. The highest BCUT2D eigenvalue weighted by Gasteiger charge is 2.69. The number of ketones is 4. The van der Waals surface area contributed by atoms with E-state index in [1.54, 1.807) is 26.0 Å². The number of aliphatic hydroxyl groups is 1. The minimum Gasteiger partial charge on any atom is -0.505 e. The van der Waals surface area contributed by atoms with Crippen LogP contribution in [0.1, 0.15) is 76.7 Å². The van der Waals surface area contributed by atoms with Crippen LogP contribution >= 0.6 is 0 Å². The van der Waals surface area contributed by atoms with Crippen molar-refractivity contribution < 1.29 is 34.2 Å². The van der Waals surface area contributed by atoms with E-state index in [1.807, 2.05) is 0 Å². The molecule has 41 heavy (non-hydrogen) atoms. The Labute approximate surface area is 239 Å².